The van der Waals surface area contributed by atoms with E-state index in [0.717, 1.165) is 32.1 Å². The summed E-state index contributed by atoms with van der Waals surface area (Å²) in [6.45, 7) is 17.3. The van der Waals surface area contributed by atoms with Crippen LogP contribution in [0, 0.1) is 27.7 Å². The number of nitrogens with zero attached hydrogens (tertiary/aromatic N) is 2. The molecule has 0 fully saturated rings. The van der Waals surface area contributed by atoms with Crippen LogP contribution in [0.3, 0.4) is 0 Å². The summed E-state index contributed by atoms with van der Waals surface area (Å²) >= 11 is 0. The highest BCUT2D eigenvalue weighted by atomic mass is 16.5. The van der Waals surface area contributed by atoms with Crippen molar-refractivity contribution in [2.45, 2.75) is 66.5 Å². The first-order chi connectivity index (χ1) is 48.2. The number of imide groups is 2. The van der Waals surface area contributed by atoms with Crippen LogP contribution in [0.1, 0.15) is 88.7 Å². The molecule has 0 radical (unpaired) electrons. The van der Waals surface area contributed by atoms with Crippen LogP contribution in [0.2, 0.25) is 0 Å². The molecule has 0 aliphatic carbocycles. The van der Waals surface area contributed by atoms with Gasteiger partial charge in [0.2, 0.25) is 11.8 Å². The second-order valence-electron chi connectivity index (χ2n) is 25.1. The van der Waals surface area contributed by atoms with Crippen LogP contribution in [0.4, 0.5) is 0 Å². The van der Waals surface area contributed by atoms with Crippen molar-refractivity contribution in [1.29, 1.82) is 0 Å². The maximum Gasteiger partial charge on any atom is 0.329 e. The Kier molecular flexibility index (Phi) is 18.3. The molecule has 6 amide bonds. The predicted octanol–water partition coefficient (Wildman–Crippen LogP) is 15.0. The minimum absolute atomic E-state index is 0.0328. The van der Waals surface area contributed by atoms with Crippen molar-refractivity contribution in [3.63, 3.8) is 0 Å². The number of hydrogen-bond donors (Lipinski definition) is 2. The standard InChI is InChI=1S/C82H68N4O14/c1-45(2)75(87)83-35-37-95-81(93)61(39-51-15-11-9-12-16-51)85-77(89)57-41-63(97-53-27-19-47(5)20-28-53)69-71-65(99-55-31-23-49(7)24-32-55)43-59-68-60(80(92)86(79(59)91)62(40-52-17-13-10-14-18-52)82(94)96-38-36-84-76(88)46(3)4)44-66(100-56-33-25-50(8)26-34-56)72(74(68)71)70-64(98-54-29-21-48(6)22-30-54)42-58(78(85)90)67(57)73(69)70/h9-34,41-44,61-62H,1,3,35-40H2,2,4-8H3,(H,83,87)(H,84,88). The number of nitrogens with one attached hydrogen (secondary N) is 2. The van der Waals surface area contributed by atoms with E-state index in [4.69, 9.17) is 28.4 Å². The molecule has 2 N–H and O–H groups in total. The lowest BCUT2D eigenvalue weighted by atomic mass is 9.80. The minimum atomic E-state index is -1.59. The average Bonchev–Trinajstić information content (AvgIpc) is 0.672. The number of aryl methyl sites for hydroxylation is 4. The van der Waals surface area contributed by atoms with E-state index in [0.29, 0.717) is 34.1 Å². The zero-order chi connectivity index (χ0) is 70.2. The zero-order valence-corrected chi connectivity index (χ0v) is 55.7. The molecule has 2 atom stereocenters. The van der Waals surface area contributed by atoms with Crippen LogP contribution >= 0.6 is 0 Å². The van der Waals surface area contributed by atoms with Gasteiger partial charge in [0.15, 0.2) is 0 Å². The zero-order valence-electron chi connectivity index (χ0n) is 55.7. The van der Waals surface area contributed by atoms with E-state index in [1.165, 1.54) is 38.1 Å². The van der Waals surface area contributed by atoms with Gasteiger partial charge in [-0.1, -0.05) is 145 Å². The largest absolute Gasteiger partial charge is 0.462 e. The van der Waals surface area contributed by atoms with Crippen LogP contribution in [0.15, 0.2) is 206 Å². The summed E-state index contributed by atoms with van der Waals surface area (Å²) in [5.74, 6) is -4.92. The fourth-order valence-corrected chi connectivity index (χ4v) is 12.7. The maximum absolute atomic E-state index is 16.3. The Hall–Kier alpha value is -12.4. The molecule has 100 heavy (non-hydrogen) atoms. The Morgan fingerprint density at radius 1 is 0.370 bits per heavy atom. The second-order valence-corrected chi connectivity index (χ2v) is 25.1. The molecule has 500 valence electrons. The fourth-order valence-electron chi connectivity index (χ4n) is 12.7. The number of rotatable bonds is 24. The van der Waals surface area contributed by atoms with Gasteiger partial charge in [0.05, 0.1) is 35.3 Å². The molecule has 18 heteroatoms. The lowest BCUT2D eigenvalue weighted by molar-refractivity contribution is -0.149. The molecule has 0 spiro atoms. The molecular formula is C82H68N4O14. The number of esters is 2. The first-order valence-electron chi connectivity index (χ1n) is 32.6. The molecule has 2 aliphatic heterocycles. The van der Waals surface area contributed by atoms with Gasteiger partial charge in [0.1, 0.15) is 71.3 Å². The maximum atomic E-state index is 16.3. The Morgan fingerprint density at radius 3 is 0.880 bits per heavy atom. The van der Waals surface area contributed by atoms with E-state index < -0.39 is 59.5 Å². The number of fused-ring (bicyclic) bond motifs is 2. The van der Waals surface area contributed by atoms with Crippen molar-refractivity contribution in [2.24, 2.45) is 0 Å². The molecule has 18 nitrogen and oxygen atoms in total. The van der Waals surface area contributed by atoms with E-state index in [-0.39, 0.29) is 139 Å². The third-order valence-electron chi connectivity index (χ3n) is 17.7. The highest BCUT2D eigenvalue weighted by Gasteiger charge is 2.47. The number of benzene rings is 11. The van der Waals surface area contributed by atoms with Gasteiger partial charge in [-0.25, -0.2) is 9.59 Å². The van der Waals surface area contributed by atoms with E-state index >= 15 is 19.2 Å². The van der Waals surface area contributed by atoms with Crippen LogP contribution in [0.25, 0.3) is 43.1 Å². The topological polar surface area (TPSA) is 222 Å². The first kappa shape index (κ1) is 66.2. The van der Waals surface area contributed by atoms with Crippen LogP contribution in [-0.4, -0.2) is 95.6 Å². The summed E-state index contributed by atoms with van der Waals surface area (Å²) in [5, 5.41) is 6.98. The van der Waals surface area contributed by atoms with Gasteiger partial charge < -0.3 is 39.1 Å². The Labute approximate surface area is 575 Å². The molecule has 0 saturated carbocycles. The number of ether oxygens (including phenoxy) is 6. The summed E-state index contributed by atoms with van der Waals surface area (Å²) in [5.41, 5.74) is 5.03. The van der Waals surface area contributed by atoms with Crippen molar-refractivity contribution < 1.29 is 66.8 Å². The van der Waals surface area contributed by atoms with Gasteiger partial charge >= 0.3 is 11.9 Å². The monoisotopic (exact) mass is 1330 g/mol. The molecular weight excluding hydrogens is 1260 g/mol. The third kappa shape index (κ3) is 12.9. The molecule has 11 aromatic carbocycles. The van der Waals surface area contributed by atoms with Crippen LogP contribution in [-0.2, 0) is 41.5 Å². The van der Waals surface area contributed by atoms with Crippen molar-refractivity contribution >= 4 is 90.5 Å². The summed E-state index contributed by atoms with van der Waals surface area (Å²) < 4.78 is 40.3. The van der Waals surface area contributed by atoms with Gasteiger partial charge in [0.25, 0.3) is 23.6 Å². The van der Waals surface area contributed by atoms with Gasteiger partial charge in [-0.3, -0.25) is 38.6 Å². The number of hydrogen-bond acceptors (Lipinski definition) is 14. The van der Waals surface area contributed by atoms with Crippen molar-refractivity contribution in [3.05, 3.63) is 262 Å². The van der Waals surface area contributed by atoms with Gasteiger partial charge in [-0.05, 0) is 125 Å². The SMILES string of the molecule is C=C(C)C(=O)NCCOC(=O)C(Cc1ccccc1)N1C(=O)c2cc(Oc3ccc(C)cc3)c3c4c(Oc5ccc(C)cc5)cc5c6c(cc(Oc7ccc(C)cc7)c(c7c(Oc8ccc(C)cc8)cc(c2c37)C1=O)c64)C(=O)N(C(Cc1ccccc1)C(=O)OCCNC(=O)C(=C)C)C5=O. The molecule has 2 heterocycles. The number of amides is 6. The van der Waals surface area contributed by atoms with E-state index in [9.17, 15) is 19.2 Å². The van der Waals surface area contributed by atoms with E-state index in [1.807, 2.05) is 76.2 Å². The Balaban J connectivity index is 1.14. The summed E-state index contributed by atoms with van der Waals surface area (Å²) in [6.07, 6.45) is -0.358. The van der Waals surface area contributed by atoms with E-state index in [2.05, 4.69) is 23.8 Å². The normalized spacial score (nSPS) is 13.1. The number of carbonyl (C=O) groups excluding carboxylic acids is 8. The van der Waals surface area contributed by atoms with Gasteiger partial charge in [-0.2, -0.15) is 0 Å². The van der Waals surface area contributed by atoms with Gasteiger partial charge in [0, 0.05) is 67.1 Å². The third-order valence-corrected chi connectivity index (χ3v) is 17.7. The Morgan fingerprint density at radius 2 is 0.630 bits per heavy atom. The van der Waals surface area contributed by atoms with Crippen LogP contribution < -0.4 is 29.6 Å². The van der Waals surface area contributed by atoms with Crippen LogP contribution in [0.5, 0.6) is 46.0 Å². The number of carbonyl (C=O) groups is 8. The highest BCUT2D eigenvalue weighted by Crippen LogP contribution is 2.58. The smallest absolute Gasteiger partial charge is 0.329 e. The van der Waals surface area contributed by atoms with Gasteiger partial charge in [-0.15, -0.1) is 0 Å². The first-order valence-corrected chi connectivity index (χ1v) is 32.6. The molecule has 0 aromatic heterocycles. The van der Waals surface area contributed by atoms with Crippen molar-refractivity contribution in [3.8, 4) is 46.0 Å². The average molecular weight is 1330 g/mol. The van der Waals surface area contributed by atoms with E-state index in [1.54, 1.807) is 109 Å². The highest BCUT2D eigenvalue weighted by molar-refractivity contribution is 6.45. The lowest BCUT2D eigenvalue weighted by Crippen LogP contribution is -2.52. The summed E-state index contributed by atoms with van der Waals surface area (Å²) in [7, 11) is 0. The second kappa shape index (κ2) is 27.6. The molecule has 11 aromatic rings. The minimum Gasteiger partial charge on any atom is -0.462 e. The summed E-state index contributed by atoms with van der Waals surface area (Å²) in [6, 6.07) is 49.5. The molecule has 0 saturated heterocycles. The fraction of sp³-hybridized carbons (Fsp3) is 0.171. The Bertz CT molecular complexity index is 4620. The predicted molar refractivity (Wildman–Crippen MR) is 379 cm³/mol. The molecule has 0 bridgehead atoms. The molecule has 2 aliphatic rings. The summed E-state index contributed by atoms with van der Waals surface area (Å²) in [4.78, 5) is 122. The van der Waals surface area contributed by atoms with Crippen molar-refractivity contribution in [2.75, 3.05) is 26.3 Å². The van der Waals surface area contributed by atoms with Crippen molar-refractivity contribution in [1.82, 2.24) is 20.4 Å². The molecule has 13 rings (SSSR count). The lowest BCUT2D eigenvalue weighted by Gasteiger charge is -2.35. The molecule has 2 unspecified atom stereocenters. The quantitative estimate of drug-likeness (QED) is 0.0143.